The molecule has 0 radical (unpaired) electrons. The Morgan fingerprint density at radius 1 is 0.350 bits per heavy atom. The van der Waals surface area contributed by atoms with Gasteiger partial charge in [-0.05, 0) is 210 Å². The summed E-state index contributed by atoms with van der Waals surface area (Å²) in [4.78, 5) is 41.8. The molecule has 6 aliphatic rings. The first-order valence-corrected chi connectivity index (χ1v) is 44.7. The average Bonchev–Trinajstić information content (AvgIpc) is 1.44. The van der Waals surface area contributed by atoms with Gasteiger partial charge in [-0.25, -0.2) is 19.9 Å². The van der Waals surface area contributed by atoms with E-state index in [1.807, 2.05) is 96.0 Å². The molecule has 0 spiro atoms. The number of nitrogens with zero attached hydrogens (tertiary/aromatic N) is 12. The van der Waals surface area contributed by atoms with Crippen LogP contribution in [0.15, 0.2) is 169 Å². The molecule has 642 valence electrons. The van der Waals surface area contributed by atoms with E-state index in [9.17, 15) is 0 Å². The molecule has 0 aliphatic carbocycles. The number of pyridine rings is 3. The quantitative estimate of drug-likeness (QED) is 0.115. The summed E-state index contributed by atoms with van der Waals surface area (Å²) >= 11 is 0. The van der Waals surface area contributed by atoms with Crippen LogP contribution in [0.2, 0.25) is 0 Å². The summed E-state index contributed by atoms with van der Waals surface area (Å²) in [7, 11) is 0. The first-order chi connectivity index (χ1) is 56.3. The Morgan fingerprint density at radius 3 is 1.18 bits per heavy atom. The molecular weight excluding hydrogens is 1480 g/mol. The molecule has 5 saturated heterocycles. The molecule has 10 aromatic rings. The van der Waals surface area contributed by atoms with Gasteiger partial charge in [-0.15, -0.1) is 0 Å². The lowest BCUT2D eigenvalue weighted by molar-refractivity contribution is 0.0558. The lowest BCUT2D eigenvalue weighted by atomic mass is 9.83. The van der Waals surface area contributed by atoms with Crippen LogP contribution >= 0.6 is 0 Å². The molecular formula is C104H142N12O4. The highest BCUT2D eigenvalue weighted by Crippen LogP contribution is 2.46. The number of anilines is 1. The SMILES string of the molecule is CC(C)(C)C1CC(Oc2cc(-n3cccc3)nc3ccccc23)CN1C(C)(C)C.CC(C)(C)C1CC(Oc2cc(C3=CCC=N3)nc3ccccc23)CN1C(C)(C)C.CC(C)(C)C1CC(Oc2nc(-c3ccccc3)nc3ccccc23)CN1C(C)(C)C.Cc1cc2nc(N3CCCCC3)cc(OC3CC(C(C)(C)C)N(C(C)(C)C)C3)c2cc1C. The number of likely N-dealkylation sites (tertiary alicyclic amines) is 4. The lowest BCUT2D eigenvalue weighted by Crippen LogP contribution is -2.49. The van der Waals surface area contributed by atoms with Gasteiger partial charge in [0.2, 0.25) is 5.88 Å². The number of allylic oxidation sites excluding steroid dienone is 1. The van der Waals surface area contributed by atoms with Crippen LogP contribution in [-0.4, -0.2) is 165 Å². The Bertz CT molecular complexity index is 5140. The Labute approximate surface area is 719 Å². The smallest absolute Gasteiger partial charge is 0.225 e. The number of hydrogen-bond donors (Lipinski definition) is 0. The number of benzene rings is 5. The Hall–Kier alpha value is -8.80. The van der Waals surface area contributed by atoms with Gasteiger partial charge in [0.1, 0.15) is 53.3 Å². The van der Waals surface area contributed by atoms with Crippen LogP contribution in [0.3, 0.4) is 0 Å². The monoisotopic (exact) mass is 1620 g/mol. The van der Waals surface area contributed by atoms with E-state index in [1.54, 1.807) is 0 Å². The van der Waals surface area contributed by atoms with E-state index in [0.717, 1.165) is 161 Å². The van der Waals surface area contributed by atoms with E-state index in [-0.39, 0.29) is 68.2 Å². The van der Waals surface area contributed by atoms with Crippen LogP contribution in [0.5, 0.6) is 23.1 Å². The summed E-state index contributed by atoms with van der Waals surface area (Å²) in [6.45, 7) is 66.1. The summed E-state index contributed by atoms with van der Waals surface area (Å²) in [5, 5.41) is 4.26. The van der Waals surface area contributed by atoms with Crippen molar-refractivity contribution in [3.8, 4) is 40.3 Å². The highest BCUT2D eigenvalue weighted by molar-refractivity contribution is 5.91. The van der Waals surface area contributed by atoms with Gasteiger partial charge in [-0.3, -0.25) is 24.6 Å². The van der Waals surface area contributed by atoms with Crippen molar-refractivity contribution in [2.24, 2.45) is 26.7 Å². The fourth-order valence-corrected chi connectivity index (χ4v) is 18.9. The van der Waals surface area contributed by atoms with Crippen molar-refractivity contribution in [1.29, 1.82) is 0 Å². The van der Waals surface area contributed by atoms with Crippen LogP contribution in [-0.2, 0) is 0 Å². The molecule has 6 aliphatic heterocycles. The Kier molecular flexibility index (Phi) is 26.1. The lowest BCUT2D eigenvalue weighted by Gasteiger charge is -2.42. The Balaban J connectivity index is 0.000000138. The van der Waals surface area contributed by atoms with Gasteiger partial charge in [0.05, 0.1) is 38.8 Å². The van der Waals surface area contributed by atoms with Gasteiger partial charge in [0.25, 0.3) is 0 Å². The topological polar surface area (TPSA) is 135 Å². The van der Waals surface area contributed by atoms with Crippen LogP contribution in [0.4, 0.5) is 5.82 Å². The number of aromatic nitrogens is 6. The van der Waals surface area contributed by atoms with E-state index in [2.05, 4.69) is 288 Å². The van der Waals surface area contributed by atoms with Crippen LogP contribution in [0, 0.1) is 35.5 Å². The van der Waals surface area contributed by atoms with Crippen LogP contribution in [0.25, 0.3) is 66.5 Å². The Morgan fingerprint density at radius 2 is 0.742 bits per heavy atom. The van der Waals surface area contributed by atoms with Gasteiger partial charge in [0.15, 0.2) is 5.82 Å². The molecule has 11 heterocycles. The third-order valence-electron chi connectivity index (χ3n) is 25.4. The van der Waals surface area contributed by atoms with Crippen molar-refractivity contribution < 1.29 is 18.9 Å². The van der Waals surface area contributed by atoms with Crippen molar-refractivity contribution in [3.05, 3.63) is 181 Å². The average molecular weight is 1620 g/mol. The second-order valence-electron chi connectivity index (χ2n) is 43.2. The number of aryl methyl sites for hydroxylation is 2. The highest BCUT2D eigenvalue weighted by atomic mass is 16.5. The molecule has 0 bridgehead atoms. The van der Waals surface area contributed by atoms with Crippen molar-refractivity contribution in [2.75, 3.05) is 44.2 Å². The zero-order chi connectivity index (χ0) is 86.4. The summed E-state index contributed by atoms with van der Waals surface area (Å²) in [5.74, 6) is 6.22. The molecule has 16 nitrogen and oxygen atoms in total. The summed E-state index contributed by atoms with van der Waals surface area (Å²) in [6, 6.07) is 51.6. The van der Waals surface area contributed by atoms with Gasteiger partial charge in [-0.1, -0.05) is 156 Å². The number of aliphatic imine (C=N–C) groups is 1. The molecule has 16 heteroatoms. The highest BCUT2D eigenvalue weighted by Gasteiger charge is 2.49. The van der Waals surface area contributed by atoms with Crippen molar-refractivity contribution in [3.63, 3.8) is 0 Å². The molecule has 0 saturated carbocycles. The maximum absolute atomic E-state index is 6.86. The van der Waals surface area contributed by atoms with E-state index >= 15 is 0 Å². The molecule has 120 heavy (non-hydrogen) atoms. The zero-order valence-electron chi connectivity index (χ0n) is 77.7. The summed E-state index contributed by atoms with van der Waals surface area (Å²) in [5.41, 5.74) is 10.6. The number of para-hydroxylation sites is 3. The van der Waals surface area contributed by atoms with Gasteiger partial charge in [-0.2, -0.15) is 4.98 Å². The number of ether oxygens (including phenoxy) is 4. The second-order valence-corrected chi connectivity index (χ2v) is 43.2. The third-order valence-corrected chi connectivity index (χ3v) is 25.4. The van der Waals surface area contributed by atoms with Crippen molar-refractivity contribution in [2.45, 2.75) is 302 Å². The fraction of sp³-hybridized carbons (Fsp3) is 0.538. The molecule has 8 atom stereocenters. The van der Waals surface area contributed by atoms with E-state index in [0.29, 0.717) is 35.9 Å². The minimum atomic E-state index is 0.0962. The molecule has 0 amide bonds. The molecule has 16 rings (SSSR count). The number of fused-ring (bicyclic) bond motifs is 4. The standard InChI is InChI=1S/C28H43N3O.C26H33N3O.2C25H33N3O/c1-19-14-22-23(15-20(19)2)29-26(30-12-10-9-11-13-30)17-24(22)32-21-16-25(27(3,4)5)31(18-21)28(6,7)8;1-25(2,3)22-16-19(17-29(22)26(4,5)6)30-24-20-14-10-11-15-21(20)27-23(28-24)18-12-8-7-9-13-18;1-24(2,3)22-15-18(17-28(22)25(4,5)6)29-21-16-23(27-13-9-10-14-27)26-20-12-8-7-11-19(20)21;1-24(2,3)23-14-17(16-28(23)25(4,5)6)29-22-15-21(20-12-9-13-26-20)27-19-11-8-7-10-18(19)22/h14-15,17,21,25H,9-13,16,18H2,1-8H3;7-15,19,22H,16-17H2,1-6H3;7-14,16,18,22H,15,17H2,1-6H3;7-8,10-13,15,17,23H,9,14,16H2,1-6H3. The molecule has 5 fully saturated rings. The summed E-state index contributed by atoms with van der Waals surface area (Å²) in [6.07, 6.45) is 17.6. The first kappa shape index (κ1) is 89.0. The molecule has 8 unspecified atom stereocenters. The number of piperidine rings is 1. The predicted octanol–water partition coefficient (Wildman–Crippen LogP) is 23.9. The van der Waals surface area contributed by atoms with Crippen molar-refractivity contribution >= 4 is 61.3 Å². The molecule has 5 aromatic heterocycles. The summed E-state index contributed by atoms with van der Waals surface area (Å²) < 4.78 is 28.9. The van der Waals surface area contributed by atoms with E-state index < -0.39 is 0 Å². The zero-order valence-corrected chi connectivity index (χ0v) is 77.7. The fourth-order valence-electron chi connectivity index (χ4n) is 18.9. The number of hydrogen-bond acceptors (Lipinski definition) is 15. The largest absolute Gasteiger partial charge is 0.488 e. The maximum atomic E-state index is 6.86. The number of rotatable bonds is 12. The predicted molar refractivity (Wildman–Crippen MR) is 501 cm³/mol. The minimum absolute atomic E-state index is 0.0962. The maximum Gasteiger partial charge on any atom is 0.225 e. The van der Waals surface area contributed by atoms with Crippen molar-refractivity contribution in [1.82, 2.24) is 49.1 Å². The third kappa shape index (κ3) is 21.1. The van der Waals surface area contributed by atoms with Gasteiger partial charge >= 0.3 is 0 Å². The molecule has 0 N–H and O–H groups in total. The van der Waals surface area contributed by atoms with Gasteiger partial charge < -0.3 is 28.4 Å². The van der Waals surface area contributed by atoms with Crippen LogP contribution in [0.1, 0.15) is 234 Å². The molecule has 5 aromatic carbocycles. The van der Waals surface area contributed by atoms with Crippen LogP contribution < -0.4 is 23.8 Å². The van der Waals surface area contributed by atoms with E-state index in [4.69, 9.17) is 43.9 Å². The normalized spacial score (nSPS) is 22.0. The minimum Gasteiger partial charge on any atom is -0.488 e. The first-order valence-electron chi connectivity index (χ1n) is 44.7. The van der Waals surface area contributed by atoms with E-state index in [1.165, 1.54) is 30.4 Å². The van der Waals surface area contributed by atoms with Gasteiger partial charge in [0, 0.05) is 176 Å². The second kappa shape index (κ2) is 35.2.